The summed E-state index contributed by atoms with van der Waals surface area (Å²) in [5, 5.41) is 0. The van der Waals surface area contributed by atoms with Gasteiger partial charge in [-0.15, -0.1) is 6.42 Å². The van der Waals surface area contributed by atoms with Crippen LogP contribution in [0.25, 0.3) is 17.4 Å². The molecule has 1 heterocycles. The number of terminal acetylenes is 1. The maximum Gasteiger partial charge on any atom is 0.416 e. The van der Waals surface area contributed by atoms with E-state index >= 15 is 0 Å². The van der Waals surface area contributed by atoms with Gasteiger partial charge >= 0.3 is 12.1 Å². The molecule has 0 aliphatic rings. The van der Waals surface area contributed by atoms with Crippen LogP contribution in [0.2, 0.25) is 0 Å². The minimum atomic E-state index is -4.42. The minimum Gasteiger partial charge on any atom is -0.457 e. The van der Waals surface area contributed by atoms with Gasteiger partial charge in [-0.05, 0) is 30.3 Å². The Morgan fingerprint density at radius 3 is 2.78 bits per heavy atom. The first-order valence-corrected chi connectivity index (χ1v) is 6.46. The first-order valence-electron chi connectivity index (χ1n) is 6.46. The lowest BCUT2D eigenvalue weighted by molar-refractivity contribution is -0.138. The van der Waals surface area contributed by atoms with Crippen molar-refractivity contribution in [2.45, 2.75) is 6.18 Å². The largest absolute Gasteiger partial charge is 0.457 e. The number of ether oxygens (including phenoxy) is 1. The van der Waals surface area contributed by atoms with E-state index in [9.17, 15) is 18.0 Å². The predicted molar refractivity (Wildman–Crippen MR) is 78.0 cm³/mol. The molecule has 2 aromatic rings. The fourth-order valence-electron chi connectivity index (χ4n) is 1.76. The van der Waals surface area contributed by atoms with Crippen molar-refractivity contribution in [1.29, 1.82) is 0 Å². The van der Waals surface area contributed by atoms with Crippen LogP contribution in [0.4, 0.5) is 13.2 Å². The molecule has 0 aliphatic heterocycles. The average Bonchev–Trinajstić information content (AvgIpc) is 2.99. The van der Waals surface area contributed by atoms with Crippen molar-refractivity contribution in [2.24, 2.45) is 0 Å². The SMILES string of the molecule is C#CCOC(=O)/C=C/c1ccc(-c2cccc(C(F)(F)F)c2)o1. The third kappa shape index (κ3) is 4.51. The fraction of sp³-hybridized carbons (Fsp3) is 0.118. The normalized spacial score (nSPS) is 11.4. The first kappa shape index (κ1) is 16.4. The Morgan fingerprint density at radius 2 is 2.09 bits per heavy atom. The number of furan rings is 1. The van der Waals surface area contributed by atoms with Gasteiger partial charge in [0, 0.05) is 11.6 Å². The Kier molecular flexibility index (Phi) is 4.91. The highest BCUT2D eigenvalue weighted by Gasteiger charge is 2.30. The molecule has 0 saturated carbocycles. The topological polar surface area (TPSA) is 39.4 Å². The highest BCUT2D eigenvalue weighted by atomic mass is 19.4. The lowest BCUT2D eigenvalue weighted by Crippen LogP contribution is -2.04. The molecule has 0 bridgehead atoms. The summed E-state index contributed by atoms with van der Waals surface area (Å²) < 4.78 is 48.1. The molecule has 0 unspecified atom stereocenters. The van der Waals surface area contributed by atoms with Crippen molar-refractivity contribution in [3.05, 3.63) is 53.8 Å². The van der Waals surface area contributed by atoms with Gasteiger partial charge < -0.3 is 9.15 Å². The van der Waals surface area contributed by atoms with Crippen molar-refractivity contribution >= 4 is 12.0 Å². The van der Waals surface area contributed by atoms with Crippen molar-refractivity contribution in [2.75, 3.05) is 6.61 Å². The van der Waals surface area contributed by atoms with Crippen LogP contribution in [-0.4, -0.2) is 12.6 Å². The van der Waals surface area contributed by atoms with Crippen LogP contribution < -0.4 is 0 Å². The Bertz CT molecular complexity index is 764. The number of halogens is 3. The van der Waals surface area contributed by atoms with Gasteiger partial charge in [0.1, 0.15) is 11.5 Å². The van der Waals surface area contributed by atoms with Crippen LogP contribution >= 0.6 is 0 Å². The van der Waals surface area contributed by atoms with Crippen molar-refractivity contribution in [3.63, 3.8) is 0 Å². The van der Waals surface area contributed by atoms with E-state index in [0.717, 1.165) is 18.2 Å². The van der Waals surface area contributed by atoms with Crippen molar-refractivity contribution in [3.8, 4) is 23.7 Å². The molecule has 0 saturated heterocycles. The van der Waals surface area contributed by atoms with Gasteiger partial charge in [0.15, 0.2) is 6.61 Å². The molecule has 118 valence electrons. The number of alkyl halides is 3. The zero-order chi connectivity index (χ0) is 16.9. The molecule has 0 radical (unpaired) electrons. The Balaban J connectivity index is 2.15. The smallest absolute Gasteiger partial charge is 0.416 e. The first-order chi connectivity index (χ1) is 10.9. The highest BCUT2D eigenvalue weighted by molar-refractivity contribution is 5.86. The molecule has 0 spiro atoms. The summed E-state index contributed by atoms with van der Waals surface area (Å²) in [4.78, 5) is 11.2. The number of esters is 1. The number of hydrogen-bond acceptors (Lipinski definition) is 3. The van der Waals surface area contributed by atoms with E-state index < -0.39 is 17.7 Å². The van der Waals surface area contributed by atoms with Crippen LogP contribution in [0.1, 0.15) is 11.3 Å². The van der Waals surface area contributed by atoms with Gasteiger partial charge in [0.25, 0.3) is 0 Å². The summed E-state index contributed by atoms with van der Waals surface area (Å²) in [6.45, 7) is -0.142. The molecule has 1 aromatic carbocycles. The number of carbonyl (C=O) groups excluding carboxylic acids is 1. The Labute approximate surface area is 130 Å². The van der Waals surface area contributed by atoms with Crippen molar-refractivity contribution in [1.82, 2.24) is 0 Å². The Morgan fingerprint density at radius 1 is 1.30 bits per heavy atom. The maximum atomic E-state index is 12.7. The monoisotopic (exact) mass is 320 g/mol. The van der Waals surface area contributed by atoms with E-state index in [0.29, 0.717) is 5.76 Å². The molecule has 0 amide bonds. The van der Waals surface area contributed by atoms with E-state index in [2.05, 4.69) is 10.7 Å². The maximum absolute atomic E-state index is 12.7. The summed E-state index contributed by atoms with van der Waals surface area (Å²) in [5.41, 5.74) is -0.476. The van der Waals surface area contributed by atoms with E-state index in [4.69, 9.17) is 10.8 Å². The zero-order valence-corrected chi connectivity index (χ0v) is 11.8. The van der Waals surface area contributed by atoms with Gasteiger partial charge in [-0.3, -0.25) is 0 Å². The number of benzene rings is 1. The molecule has 0 aliphatic carbocycles. The summed E-state index contributed by atoms with van der Waals surface area (Å²) >= 11 is 0. The summed E-state index contributed by atoms with van der Waals surface area (Å²) in [6.07, 6.45) is 2.98. The van der Waals surface area contributed by atoms with Gasteiger partial charge in [-0.2, -0.15) is 13.2 Å². The van der Waals surface area contributed by atoms with Crippen molar-refractivity contribution < 1.29 is 27.1 Å². The molecule has 0 fully saturated rings. The number of hydrogen-bond donors (Lipinski definition) is 0. The summed E-state index contributed by atoms with van der Waals surface area (Å²) in [6, 6.07) is 7.82. The van der Waals surface area contributed by atoms with E-state index in [1.54, 1.807) is 0 Å². The van der Waals surface area contributed by atoms with Gasteiger partial charge in [0.05, 0.1) is 5.56 Å². The molecular formula is C17H11F3O3. The van der Waals surface area contributed by atoms with Gasteiger partial charge in [0.2, 0.25) is 0 Å². The molecule has 23 heavy (non-hydrogen) atoms. The quantitative estimate of drug-likeness (QED) is 0.482. The summed E-state index contributed by atoms with van der Waals surface area (Å²) in [5.74, 6) is 2.07. The molecule has 2 rings (SSSR count). The number of rotatable bonds is 4. The molecule has 3 nitrogen and oxygen atoms in total. The number of carbonyl (C=O) groups is 1. The van der Waals surface area contributed by atoms with Crippen LogP contribution in [0, 0.1) is 12.3 Å². The molecule has 1 aromatic heterocycles. The predicted octanol–water partition coefficient (Wildman–Crippen LogP) is 4.16. The van der Waals surface area contributed by atoms with Gasteiger partial charge in [-0.25, -0.2) is 4.79 Å². The lowest BCUT2D eigenvalue weighted by atomic mass is 10.1. The third-order valence-electron chi connectivity index (χ3n) is 2.78. The summed E-state index contributed by atoms with van der Waals surface area (Å²) in [7, 11) is 0. The standard InChI is InChI=1S/C17H11F3O3/c1-2-10-22-16(21)9-7-14-6-8-15(23-14)12-4-3-5-13(11-12)17(18,19)20/h1,3-9,11H,10H2/b9-7+. The van der Waals surface area contributed by atoms with E-state index in [1.807, 2.05) is 0 Å². The second kappa shape index (κ2) is 6.88. The van der Waals surface area contributed by atoms with Crippen LogP contribution in [0.5, 0.6) is 0 Å². The molecule has 0 atom stereocenters. The van der Waals surface area contributed by atoms with Crippen LogP contribution in [0.15, 0.2) is 46.9 Å². The fourth-order valence-corrected chi connectivity index (χ4v) is 1.76. The minimum absolute atomic E-state index is 0.142. The Hall–Kier alpha value is -2.94. The third-order valence-corrected chi connectivity index (χ3v) is 2.78. The second-order valence-electron chi connectivity index (χ2n) is 4.43. The molecule has 6 heteroatoms. The van der Waals surface area contributed by atoms with Crippen LogP contribution in [0.3, 0.4) is 0 Å². The van der Waals surface area contributed by atoms with Crippen LogP contribution in [-0.2, 0) is 15.7 Å². The van der Waals surface area contributed by atoms with E-state index in [-0.39, 0.29) is 17.9 Å². The average molecular weight is 320 g/mol. The lowest BCUT2D eigenvalue weighted by Gasteiger charge is -2.07. The zero-order valence-electron chi connectivity index (χ0n) is 11.8. The van der Waals surface area contributed by atoms with Gasteiger partial charge in [-0.1, -0.05) is 18.1 Å². The molecular weight excluding hydrogens is 309 g/mol. The van der Waals surface area contributed by atoms with E-state index in [1.165, 1.54) is 30.3 Å². The second-order valence-corrected chi connectivity index (χ2v) is 4.43. The highest BCUT2D eigenvalue weighted by Crippen LogP contribution is 2.32. The molecule has 0 N–H and O–H groups in total.